The Bertz CT molecular complexity index is 818. The molecule has 0 radical (unpaired) electrons. The molecular formula is C20H24N4O5. The Balaban J connectivity index is 1.62. The van der Waals surface area contributed by atoms with Gasteiger partial charge in [0.1, 0.15) is 6.54 Å². The summed E-state index contributed by atoms with van der Waals surface area (Å²) in [4.78, 5) is 58.8. The van der Waals surface area contributed by atoms with Crippen LogP contribution in [0.5, 0.6) is 0 Å². The molecule has 0 spiro atoms. The van der Waals surface area contributed by atoms with E-state index in [0.29, 0.717) is 12.0 Å². The number of aryl methyl sites for hydroxylation is 1. The summed E-state index contributed by atoms with van der Waals surface area (Å²) < 4.78 is 0. The topological polar surface area (TPSA) is 139 Å². The molecular weight excluding hydrogens is 376 g/mol. The third kappa shape index (κ3) is 6.87. The number of primary amides is 1. The summed E-state index contributed by atoms with van der Waals surface area (Å²) in [5.74, 6) is -1.78. The highest BCUT2D eigenvalue weighted by molar-refractivity contribution is 6.04. The zero-order valence-corrected chi connectivity index (χ0v) is 16.0. The number of likely N-dealkylation sites (tertiary alicyclic amines) is 1. The summed E-state index contributed by atoms with van der Waals surface area (Å²) in [5.41, 5.74) is 6.45. The van der Waals surface area contributed by atoms with E-state index in [4.69, 9.17) is 5.73 Å². The first kappa shape index (κ1) is 21.8. The van der Waals surface area contributed by atoms with Crippen molar-refractivity contribution in [1.82, 2.24) is 15.5 Å². The van der Waals surface area contributed by atoms with Crippen molar-refractivity contribution in [3.05, 3.63) is 47.5 Å². The van der Waals surface area contributed by atoms with Crippen LogP contribution < -0.4 is 16.4 Å². The average molecular weight is 400 g/mol. The van der Waals surface area contributed by atoms with E-state index < -0.39 is 11.8 Å². The van der Waals surface area contributed by atoms with Gasteiger partial charge in [0.2, 0.25) is 29.5 Å². The van der Waals surface area contributed by atoms with Gasteiger partial charge in [-0.15, -0.1) is 0 Å². The number of carbonyl (C=O) groups is 5. The van der Waals surface area contributed by atoms with Gasteiger partial charge in [0, 0.05) is 37.9 Å². The Kier molecular flexibility index (Phi) is 8.08. The smallest absolute Gasteiger partial charge is 0.248 e. The number of amides is 5. The highest BCUT2D eigenvalue weighted by Gasteiger charge is 2.30. The second kappa shape index (κ2) is 10.7. The van der Waals surface area contributed by atoms with E-state index in [1.54, 1.807) is 36.4 Å². The van der Waals surface area contributed by atoms with E-state index in [2.05, 4.69) is 10.6 Å². The van der Waals surface area contributed by atoms with Crippen LogP contribution in [0.25, 0.3) is 0 Å². The van der Waals surface area contributed by atoms with E-state index in [0.717, 1.165) is 10.5 Å². The molecule has 2 rings (SSSR count). The van der Waals surface area contributed by atoms with Gasteiger partial charge in [-0.2, -0.15) is 0 Å². The Labute approximate surface area is 168 Å². The number of hydrogen-bond donors (Lipinski definition) is 3. The van der Waals surface area contributed by atoms with Gasteiger partial charge in [-0.05, 0) is 18.1 Å². The molecule has 9 nitrogen and oxygen atoms in total. The lowest BCUT2D eigenvalue weighted by Gasteiger charge is -2.12. The maximum atomic E-state index is 11.9. The van der Waals surface area contributed by atoms with Crippen LogP contribution in [0.1, 0.15) is 35.2 Å². The second-order valence-corrected chi connectivity index (χ2v) is 6.47. The van der Waals surface area contributed by atoms with E-state index in [9.17, 15) is 24.0 Å². The highest BCUT2D eigenvalue weighted by Crippen LogP contribution is 2.11. The first-order valence-corrected chi connectivity index (χ1v) is 9.27. The number of carbonyl (C=O) groups excluding carboxylic acids is 5. The summed E-state index contributed by atoms with van der Waals surface area (Å²) in [5, 5.41) is 5.28. The molecule has 5 amide bonds. The third-order valence-corrected chi connectivity index (χ3v) is 4.36. The van der Waals surface area contributed by atoms with Crippen molar-refractivity contribution >= 4 is 29.5 Å². The molecule has 0 aliphatic carbocycles. The molecule has 154 valence electrons. The zero-order valence-electron chi connectivity index (χ0n) is 16.0. The minimum Gasteiger partial charge on any atom is -0.366 e. The van der Waals surface area contributed by atoms with Crippen molar-refractivity contribution in [3.8, 4) is 0 Å². The maximum absolute atomic E-state index is 11.9. The Hall–Kier alpha value is -3.49. The fourth-order valence-electron chi connectivity index (χ4n) is 2.83. The molecule has 1 aromatic carbocycles. The van der Waals surface area contributed by atoms with Crippen molar-refractivity contribution in [3.63, 3.8) is 0 Å². The highest BCUT2D eigenvalue weighted by atomic mass is 16.2. The number of nitrogens with zero attached hydrogens (tertiary/aromatic N) is 1. The van der Waals surface area contributed by atoms with Crippen LogP contribution in [0, 0.1) is 0 Å². The largest absolute Gasteiger partial charge is 0.366 e. The molecule has 9 heteroatoms. The summed E-state index contributed by atoms with van der Waals surface area (Å²) in [6.45, 7) is 0.237. The lowest BCUT2D eigenvalue weighted by molar-refractivity contribution is -0.142. The Morgan fingerprint density at radius 3 is 2.17 bits per heavy atom. The van der Waals surface area contributed by atoms with Crippen molar-refractivity contribution in [2.45, 2.75) is 25.7 Å². The molecule has 1 fully saturated rings. The number of benzene rings is 1. The summed E-state index contributed by atoms with van der Waals surface area (Å²) in [6.07, 6.45) is 4.26. The number of hydrogen-bond acceptors (Lipinski definition) is 5. The van der Waals surface area contributed by atoms with Gasteiger partial charge in [0.25, 0.3) is 0 Å². The molecule has 1 heterocycles. The van der Waals surface area contributed by atoms with Gasteiger partial charge >= 0.3 is 0 Å². The molecule has 1 saturated heterocycles. The van der Waals surface area contributed by atoms with Gasteiger partial charge in [0.05, 0.1) is 0 Å². The monoisotopic (exact) mass is 400 g/mol. The minimum absolute atomic E-state index is 0.153. The van der Waals surface area contributed by atoms with Crippen molar-refractivity contribution in [2.24, 2.45) is 5.73 Å². The molecule has 29 heavy (non-hydrogen) atoms. The van der Waals surface area contributed by atoms with Crippen LogP contribution in [0.4, 0.5) is 0 Å². The SMILES string of the molecule is NC(=O)c1ccccc1CCC(=O)NC/C=C/CNC(=O)CN1C(=O)CCC1=O. The quantitative estimate of drug-likeness (QED) is 0.364. The Morgan fingerprint density at radius 2 is 1.55 bits per heavy atom. The standard InChI is InChI=1S/C20H24N4O5/c21-20(29)15-6-2-1-5-14(15)7-8-16(25)22-11-3-4-12-23-17(26)13-24-18(27)9-10-19(24)28/h1-6H,7-13H2,(H2,21,29)(H,22,25)(H,23,26)/b4-3+. The third-order valence-electron chi connectivity index (χ3n) is 4.36. The molecule has 0 bridgehead atoms. The molecule has 0 aromatic heterocycles. The van der Waals surface area contributed by atoms with Gasteiger partial charge < -0.3 is 16.4 Å². The molecule has 1 aliphatic heterocycles. The van der Waals surface area contributed by atoms with E-state index >= 15 is 0 Å². The van der Waals surface area contributed by atoms with E-state index in [-0.39, 0.29) is 56.6 Å². The Morgan fingerprint density at radius 1 is 0.966 bits per heavy atom. The molecule has 4 N–H and O–H groups in total. The zero-order chi connectivity index (χ0) is 21.2. The van der Waals surface area contributed by atoms with Crippen LogP contribution in [-0.2, 0) is 25.6 Å². The summed E-state index contributed by atoms with van der Waals surface area (Å²) in [7, 11) is 0. The van der Waals surface area contributed by atoms with Crippen LogP contribution in [-0.4, -0.2) is 54.1 Å². The van der Waals surface area contributed by atoms with Crippen molar-refractivity contribution in [2.75, 3.05) is 19.6 Å². The van der Waals surface area contributed by atoms with Crippen LogP contribution in [0.3, 0.4) is 0 Å². The predicted octanol–water partition coefficient (Wildman–Crippen LogP) is -0.344. The van der Waals surface area contributed by atoms with Gasteiger partial charge in [0.15, 0.2) is 0 Å². The molecule has 0 saturated carbocycles. The first-order valence-electron chi connectivity index (χ1n) is 9.27. The molecule has 1 aromatic rings. The van der Waals surface area contributed by atoms with Gasteiger partial charge in [-0.1, -0.05) is 30.4 Å². The number of rotatable bonds is 10. The van der Waals surface area contributed by atoms with E-state index in [1.165, 1.54) is 0 Å². The number of imide groups is 1. The average Bonchev–Trinajstić information content (AvgIpc) is 3.01. The number of nitrogens with one attached hydrogen (secondary N) is 2. The predicted molar refractivity (Wildman–Crippen MR) is 104 cm³/mol. The fraction of sp³-hybridized carbons (Fsp3) is 0.350. The van der Waals surface area contributed by atoms with Gasteiger partial charge in [-0.3, -0.25) is 28.9 Å². The van der Waals surface area contributed by atoms with Crippen LogP contribution in [0.15, 0.2) is 36.4 Å². The molecule has 0 atom stereocenters. The molecule has 1 aliphatic rings. The lowest BCUT2D eigenvalue weighted by Crippen LogP contribution is -2.40. The van der Waals surface area contributed by atoms with Gasteiger partial charge in [-0.25, -0.2) is 0 Å². The van der Waals surface area contributed by atoms with Crippen LogP contribution >= 0.6 is 0 Å². The first-order chi connectivity index (χ1) is 13.9. The van der Waals surface area contributed by atoms with E-state index in [1.807, 2.05) is 0 Å². The summed E-state index contributed by atoms with van der Waals surface area (Å²) in [6, 6.07) is 6.89. The lowest BCUT2D eigenvalue weighted by atomic mass is 10.0. The van der Waals surface area contributed by atoms with Crippen molar-refractivity contribution < 1.29 is 24.0 Å². The van der Waals surface area contributed by atoms with Crippen LogP contribution in [0.2, 0.25) is 0 Å². The maximum Gasteiger partial charge on any atom is 0.248 e. The normalized spacial score (nSPS) is 13.7. The van der Waals surface area contributed by atoms with Crippen molar-refractivity contribution in [1.29, 1.82) is 0 Å². The summed E-state index contributed by atoms with van der Waals surface area (Å²) >= 11 is 0. The molecule has 0 unspecified atom stereocenters. The second-order valence-electron chi connectivity index (χ2n) is 6.47. The fourth-order valence-corrected chi connectivity index (χ4v) is 2.83. The minimum atomic E-state index is -0.524. The number of nitrogens with two attached hydrogens (primary N) is 1.